The van der Waals surface area contributed by atoms with Crippen LogP contribution in [0.5, 0.6) is 0 Å². The first-order valence-corrected chi connectivity index (χ1v) is 7.11. The van der Waals surface area contributed by atoms with E-state index in [2.05, 4.69) is 4.98 Å². The number of nitrogens with zero attached hydrogens (tertiary/aromatic N) is 3. The molecule has 0 saturated heterocycles. The second kappa shape index (κ2) is 7.62. The maximum atomic E-state index is 12.7. The molecule has 7 heteroatoms. The van der Waals surface area contributed by atoms with Crippen molar-refractivity contribution >= 4 is 11.7 Å². The van der Waals surface area contributed by atoms with Crippen molar-refractivity contribution in [2.45, 2.75) is 25.9 Å². The highest BCUT2D eigenvalue weighted by Crippen LogP contribution is 2.14. The van der Waals surface area contributed by atoms with Crippen LogP contribution in [0, 0.1) is 0 Å². The van der Waals surface area contributed by atoms with E-state index in [1.165, 1.54) is 18.1 Å². The maximum Gasteiger partial charge on any atom is 0.319 e. The van der Waals surface area contributed by atoms with E-state index >= 15 is 0 Å². The summed E-state index contributed by atoms with van der Waals surface area (Å²) in [5.41, 5.74) is 0.552. The Kier molecular flexibility index (Phi) is 5.56. The molecular weight excluding hydrogens is 304 g/mol. The fraction of sp³-hybridized carbons (Fsp3) is 0.312. The average Bonchev–Trinajstić information content (AvgIpc) is 3.01. The zero-order valence-electron chi connectivity index (χ0n) is 12.7. The number of carbonyl (C=O) groups excluding carboxylic acids is 2. The molecule has 0 N–H and O–H groups in total. The molecule has 1 aromatic heterocycles. The van der Waals surface area contributed by atoms with Crippen molar-refractivity contribution in [3.05, 3.63) is 54.1 Å². The maximum absolute atomic E-state index is 12.7. The summed E-state index contributed by atoms with van der Waals surface area (Å²) in [6.45, 7) is -2.73. The van der Waals surface area contributed by atoms with E-state index in [9.17, 15) is 18.4 Å². The topological polar surface area (TPSA) is 55.2 Å². The van der Waals surface area contributed by atoms with Crippen LogP contribution in [-0.2, 0) is 11.3 Å². The van der Waals surface area contributed by atoms with Crippen molar-refractivity contribution in [1.82, 2.24) is 14.5 Å². The van der Waals surface area contributed by atoms with Crippen molar-refractivity contribution in [2.24, 2.45) is 0 Å². The molecule has 23 heavy (non-hydrogen) atoms. The Balaban J connectivity index is 1.88. The van der Waals surface area contributed by atoms with Gasteiger partial charge in [0.2, 0.25) is 5.91 Å². The smallest absolute Gasteiger partial charge is 0.319 e. The normalized spacial score (nSPS) is 10.8. The predicted molar refractivity (Wildman–Crippen MR) is 80.0 cm³/mol. The molecule has 0 saturated carbocycles. The minimum absolute atomic E-state index is 0.0274. The number of carbonyl (C=O) groups is 2. The van der Waals surface area contributed by atoms with Gasteiger partial charge in [-0.2, -0.15) is 8.78 Å². The SMILES string of the molecule is CN(Cc1nccn1C(F)F)C(=O)CCC(=O)c1ccccc1. The molecular formula is C16H17F2N3O2. The molecule has 0 aliphatic heterocycles. The van der Waals surface area contributed by atoms with Gasteiger partial charge in [0, 0.05) is 37.8 Å². The number of Topliss-reactive ketones (excluding diaryl/α,β-unsaturated/α-hetero) is 1. The Morgan fingerprint density at radius 1 is 1.22 bits per heavy atom. The third-order valence-corrected chi connectivity index (χ3v) is 3.43. The van der Waals surface area contributed by atoms with Crippen LogP contribution in [0.15, 0.2) is 42.7 Å². The number of halogens is 2. The van der Waals surface area contributed by atoms with Crippen LogP contribution in [-0.4, -0.2) is 33.2 Å². The van der Waals surface area contributed by atoms with Gasteiger partial charge >= 0.3 is 6.55 Å². The first-order valence-electron chi connectivity index (χ1n) is 7.11. The number of alkyl halides is 2. The number of aromatic nitrogens is 2. The number of ketones is 1. The Bertz CT molecular complexity index is 671. The van der Waals surface area contributed by atoms with Gasteiger partial charge in [-0.1, -0.05) is 30.3 Å². The standard InChI is InChI=1S/C16H17F2N3O2/c1-20(11-14-19-9-10-21(14)16(17)18)15(23)8-7-13(22)12-5-3-2-4-6-12/h2-6,9-10,16H,7-8,11H2,1H3. The molecule has 0 radical (unpaired) electrons. The van der Waals surface area contributed by atoms with Crippen LogP contribution >= 0.6 is 0 Å². The molecule has 0 spiro atoms. The van der Waals surface area contributed by atoms with Crippen molar-refractivity contribution in [2.75, 3.05) is 7.05 Å². The Hall–Kier alpha value is -2.57. The molecule has 2 aromatic rings. The third kappa shape index (κ3) is 4.45. The van der Waals surface area contributed by atoms with Crippen LogP contribution in [0.1, 0.15) is 35.6 Å². The highest BCUT2D eigenvalue weighted by atomic mass is 19.3. The van der Waals surface area contributed by atoms with Gasteiger partial charge in [0.1, 0.15) is 5.82 Å². The van der Waals surface area contributed by atoms with Crippen LogP contribution in [0.25, 0.3) is 0 Å². The van der Waals surface area contributed by atoms with Gasteiger partial charge in [-0.15, -0.1) is 0 Å². The summed E-state index contributed by atoms with van der Waals surface area (Å²) in [5, 5.41) is 0. The largest absolute Gasteiger partial charge is 0.338 e. The Morgan fingerprint density at radius 2 is 1.91 bits per heavy atom. The quantitative estimate of drug-likeness (QED) is 0.737. The Labute approximate surface area is 132 Å². The molecule has 0 fully saturated rings. The molecule has 1 aromatic carbocycles. The van der Waals surface area contributed by atoms with Gasteiger partial charge in [-0.3, -0.25) is 14.2 Å². The van der Waals surface area contributed by atoms with Gasteiger partial charge in [-0.25, -0.2) is 4.98 Å². The summed E-state index contributed by atoms with van der Waals surface area (Å²) in [6, 6.07) is 8.70. The lowest BCUT2D eigenvalue weighted by Crippen LogP contribution is -2.28. The first kappa shape index (κ1) is 16.8. The van der Waals surface area contributed by atoms with E-state index in [1.807, 2.05) is 0 Å². The van der Waals surface area contributed by atoms with Gasteiger partial charge in [0.25, 0.3) is 0 Å². The number of rotatable bonds is 7. The van der Waals surface area contributed by atoms with Gasteiger partial charge < -0.3 is 4.90 Å². The van der Waals surface area contributed by atoms with Crippen LogP contribution in [0.4, 0.5) is 8.78 Å². The summed E-state index contributed by atoms with van der Waals surface area (Å²) in [5.74, 6) is -0.315. The Morgan fingerprint density at radius 3 is 2.57 bits per heavy atom. The third-order valence-electron chi connectivity index (χ3n) is 3.43. The predicted octanol–water partition coefficient (Wildman–Crippen LogP) is 2.90. The lowest BCUT2D eigenvalue weighted by molar-refractivity contribution is -0.130. The van der Waals surface area contributed by atoms with Crippen LogP contribution in [0.3, 0.4) is 0 Å². The summed E-state index contributed by atoms with van der Waals surface area (Å²) < 4.78 is 26.2. The minimum Gasteiger partial charge on any atom is -0.338 e. The number of benzene rings is 1. The molecule has 1 heterocycles. The molecule has 2 rings (SSSR count). The average molecular weight is 321 g/mol. The fourth-order valence-corrected chi connectivity index (χ4v) is 2.12. The lowest BCUT2D eigenvalue weighted by Gasteiger charge is -2.17. The van der Waals surface area contributed by atoms with Crippen molar-refractivity contribution in [1.29, 1.82) is 0 Å². The minimum atomic E-state index is -2.70. The molecule has 122 valence electrons. The number of hydrogen-bond donors (Lipinski definition) is 0. The van der Waals surface area contributed by atoms with E-state index in [0.717, 1.165) is 6.20 Å². The van der Waals surface area contributed by atoms with E-state index < -0.39 is 6.55 Å². The van der Waals surface area contributed by atoms with E-state index in [-0.39, 0.29) is 36.9 Å². The molecule has 0 aliphatic carbocycles. The summed E-state index contributed by atoms with van der Waals surface area (Å²) in [4.78, 5) is 29.1. The van der Waals surface area contributed by atoms with Crippen molar-refractivity contribution in [3.63, 3.8) is 0 Å². The van der Waals surface area contributed by atoms with Crippen molar-refractivity contribution < 1.29 is 18.4 Å². The summed E-state index contributed by atoms with van der Waals surface area (Å²) in [6.07, 6.45) is 2.53. The summed E-state index contributed by atoms with van der Waals surface area (Å²) >= 11 is 0. The number of amides is 1. The second-order valence-electron chi connectivity index (χ2n) is 5.07. The molecule has 5 nitrogen and oxygen atoms in total. The highest BCUT2D eigenvalue weighted by Gasteiger charge is 2.17. The van der Waals surface area contributed by atoms with Crippen molar-refractivity contribution in [3.8, 4) is 0 Å². The molecule has 0 unspecified atom stereocenters. The number of hydrogen-bond acceptors (Lipinski definition) is 3. The zero-order chi connectivity index (χ0) is 16.8. The zero-order valence-corrected chi connectivity index (χ0v) is 12.7. The molecule has 1 amide bonds. The van der Waals surface area contributed by atoms with Crippen LogP contribution in [0.2, 0.25) is 0 Å². The highest BCUT2D eigenvalue weighted by molar-refractivity contribution is 5.97. The van der Waals surface area contributed by atoms with E-state index in [0.29, 0.717) is 10.1 Å². The molecule has 0 aliphatic rings. The number of imidazole rings is 1. The fourth-order valence-electron chi connectivity index (χ4n) is 2.12. The van der Waals surface area contributed by atoms with Gasteiger partial charge in [-0.05, 0) is 0 Å². The molecule has 0 bridgehead atoms. The summed E-state index contributed by atoms with van der Waals surface area (Å²) in [7, 11) is 1.50. The first-order chi connectivity index (χ1) is 11.0. The second-order valence-corrected chi connectivity index (χ2v) is 5.07. The molecule has 0 atom stereocenters. The van der Waals surface area contributed by atoms with E-state index in [4.69, 9.17) is 0 Å². The van der Waals surface area contributed by atoms with Crippen LogP contribution < -0.4 is 0 Å². The van der Waals surface area contributed by atoms with Gasteiger partial charge in [0.15, 0.2) is 5.78 Å². The monoisotopic (exact) mass is 321 g/mol. The lowest BCUT2D eigenvalue weighted by atomic mass is 10.1. The van der Waals surface area contributed by atoms with Gasteiger partial charge in [0.05, 0.1) is 6.54 Å². The van der Waals surface area contributed by atoms with E-state index in [1.54, 1.807) is 30.3 Å².